The van der Waals surface area contributed by atoms with E-state index < -0.39 is 9.84 Å². The highest BCUT2D eigenvalue weighted by Crippen LogP contribution is 2.17. The zero-order valence-electron chi connectivity index (χ0n) is 11.8. The molecule has 0 amide bonds. The molecule has 1 fully saturated rings. The Morgan fingerprint density at radius 2 is 2.00 bits per heavy atom. The zero-order chi connectivity index (χ0) is 14.7. The molecule has 1 aromatic heterocycles. The van der Waals surface area contributed by atoms with Crippen molar-refractivity contribution in [1.82, 2.24) is 9.88 Å². The normalized spacial score (nSPS) is 18.9. The standard InChI is InChI=1S/C14H19N3O3S/c18-21(19)10-8-17(9-11-21)7-3-6-15-14-16-12-4-1-2-5-13(12)20-14/h1-2,4-5H,3,6-11H2,(H,15,16). The molecule has 0 bridgehead atoms. The Morgan fingerprint density at radius 3 is 2.76 bits per heavy atom. The lowest BCUT2D eigenvalue weighted by Gasteiger charge is -2.26. The molecule has 6 nitrogen and oxygen atoms in total. The number of sulfone groups is 1. The van der Waals surface area contributed by atoms with Crippen molar-refractivity contribution >= 4 is 27.0 Å². The van der Waals surface area contributed by atoms with Crippen molar-refractivity contribution in [3.05, 3.63) is 24.3 Å². The molecule has 1 N–H and O–H groups in total. The molecule has 1 aromatic carbocycles. The zero-order valence-corrected chi connectivity index (χ0v) is 12.6. The molecule has 1 aliphatic rings. The summed E-state index contributed by atoms with van der Waals surface area (Å²) in [5.74, 6) is 0.567. The number of aromatic nitrogens is 1. The highest BCUT2D eigenvalue weighted by atomic mass is 32.2. The van der Waals surface area contributed by atoms with Crippen LogP contribution >= 0.6 is 0 Å². The predicted octanol–water partition coefficient (Wildman–Crippen LogP) is 1.36. The molecule has 0 saturated carbocycles. The van der Waals surface area contributed by atoms with Crippen molar-refractivity contribution in [3.8, 4) is 0 Å². The first-order valence-electron chi connectivity index (χ1n) is 7.15. The van der Waals surface area contributed by atoms with Crippen molar-refractivity contribution in [2.45, 2.75) is 6.42 Å². The Labute approximate surface area is 124 Å². The predicted molar refractivity (Wildman–Crippen MR) is 82.2 cm³/mol. The van der Waals surface area contributed by atoms with Crippen LogP contribution in [0.4, 0.5) is 6.01 Å². The number of hydrogen-bond donors (Lipinski definition) is 1. The lowest BCUT2D eigenvalue weighted by molar-refractivity contribution is 0.294. The highest BCUT2D eigenvalue weighted by molar-refractivity contribution is 7.91. The maximum Gasteiger partial charge on any atom is 0.295 e. The number of rotatable bonds is 5. The van der Waals surface area contributed by atoms with E-state index in [1.54, 1.807) is 0 Å². The average molecular weight is 309 g/mol. The molecular formula is C14H19N3O3S. The van der Waals surface area contributed by atoms with Crippen LogP contribution in [0.3, 0.4) is 0 Å². The second kappa shape index (κ2) is 6.03. The van der Waals surface area contributed by atoms with Gasteiger partial charge in [0, 0.05) is 19.6 Å². The first-order valence-corrected chi connectivity index (χ1v) is 8.97. The Bertz CT molecular complexity index is 664. The minimum absolute atomic E-state index is 0.283. The lowest BCUT2D eigenvalue weighted by atomic mass is 10.3. The van der Waals surface area contributed by atoms with Crippen LogP contribution in [0.25, 0.3) is 11.1 Å². The summed E-state index contributed by atoms with van der Waals surface area (Å²) in [7, 11) is -2.79. The molecule has 2 aromatic rings. The van der Waals surface area contributed by atoms with Crippen molar-refractivity contribution in [1.29, 1.82) is 0 Å². The smallest absolute Gasteiger partial charge is 0.295 e. The van der Waals surface area contributed by atoms with Gasteiger partial charge < -0.3 is 14.6 Å². The maximum atomic E-state index is 11.3. The van der Waals surface area contributed by atoms with E-state index in [-0.39, 0.29) is 11.5 Å². The molecule has 1 saturated heterocycles. The van der Waals surface area contributed by atoms with Crippen molar-refractivity contribution in [3.63, 3.8) is 0 Å². The Kier molecular flexibility index (Phi) is 4.12. The minimum atomic E-state index is -2.79. The van der Waals surface area contributed by atoms with Gasteiger partial charge in [-0.25, -0.2) is 8.42 Å². The average Bonchev–Trinajstić information content (AvgIpc) is 2.88. The summed E-state index contributed by atoms with van der Waals surface area (Å²) in [6, 6.07) is 8.19. The third-order valence-corrected chi connectivity index (χ3v) is 5.27. The first-order chi connectivity index (χ1) is 10.1. The van der Waals surface area contributed by atoms with Crippen LogP contribution < -0.4 is 5.32 Å². The Morgan fingerprint density at radius 1 is 1.24 bits per heavy atom. The van der Waals surface area contributed by atoms with E-state index in [1.807, 2.05) is 24.3 Å². The van der Waals surface area contributed by atoms with Crippen LogP contribution in [0.15, 0.2) is 28.7 Å². The number of anilines is 1. The van der Waals surface area contributed by atoms with Gasteiger partial charge in [-0.15, -0.1) is 0 Å². The van der Waals surface area contributed by atoms with Crippen LogP contribution in [-0.2, 0) is 9.84 Å². The summed E-state index contributed by atoms with van der Waals surface area (Å²) < 4.78 is 28.2. The van der Waals surface area contributed by atoms with E-state index in [0.717, 1.165) is 30.6 Å². The van der Waals surface area contributed by atoms with Gasteiger partial charge in [0.1, 0.15) is 5.52 Å². The summed E-state index contributed by atoms with van der Waals surface area (Å²) >= 11 is 0. The fourth-order valence-electron chi connectivity index (χ4n) is 2.42. The monoisotopic (exact) mass is 309 g/mol. The highest BCUT2D eigenvalue weighted by Gasteiger charge is 2.20. The Hall–Kier alpha value is -1.60. The van der Waals surface area contributed by atoms with Gasteiger partial charge in [-0.1, -0.05) is 12.1 Å². The SMILES string of the molecule is O=S1(=O)CCN(CCCNc2nc3ccccc3o2)CC1. The molecule has 7 heteroatoms. The first kappa shape index (κ1) is 14.3. The van der Waals surface area contributed by atoms with Gasteiger partial charge >= 0.3 is 0 Å². The summed E-state index contributed by atoms with van der Waals surface area (Å²) in [6.45, 7) is 2.94. The lowest BCUT2D eigenvalue weighted by Crippen LogP contribution is -2.41. The van der Waals surface area contributed by atoms with E-state index in [9.17, 15) is 8.42 Å². The molecule has 0 radical (unpaired) electrons. The molecule has 114 valence electrons. The quantitative estimate of drug-likeness (QED) is 0.841. The summed E-state index contributed by atoms with van der Waals surface area (Å²) in [5.41, 5.74) is 1.63. The van der Waals surface area contributed by atoms with E-state index in [0.29, 0.717) is 19.1 Å². The van der Waals surface area contributed by atoms with Gasteiger partial charge in [0.15, 0.2) is 15.4 Å². The number of nitrogens with one attached hydrogen (secondary N) is 1. The molecule has 0 unspecified atom stereocenters. The number of oxazole rings is 1. The van der Waals surface area contributed by atoms with Crippen LogP contribution in [0.2, 0.25) is 0 Å². The van der Waals surface area contributed by atoms with Crippen LogP contribution in [0, 0.1) is 0 Å². The number of para-hydroxylation sites is 2. The number of hydrogen-bond acceptors (Lipinski definition) is 6. The molecule has 0 spiro atoms. The minimum Gasteiger partial charge on any atom is -0.424 e. The van der Waals surface area contributed by atoms with E-state index >= 15 is 0 Å². The fraction of sp³-hybridized carbons (Fsp3) is 0.500. The molecule has 0 aliphatic carbocycles. The van der Waals surface area contributed by atoms with E-state index in [4.69, 9.17) is 4.42 Å². The molecule has 21 heavy (non-hydrogen) atoms. The van der Waals surface area contributed by atoms with Gasteiger partial charge in [0.05, 0.1) is 11.5 Å². The van der Waals surface area contributed by atoms with Crippen molar-refractivity contribution in [2.75, 3.05) is 43.0 Å². The number of fused-ring (bicyclic) bond motifs is 1. The second-order valence-electron chi connectivity index (χ2n) is 5.26. The van der Waals surface area contributed by atoms with E-state index in [1.165, 1.54) is 0 Å². The van der Waals surface area contributed by atoms with Crippen LogP contribution in [-0.4, -0.2) is 56.0 Å². The van der Waals surface area contributed by atoms with Gasteiger partial charge in [0.25, 0.3) is 6.01 Å². The Balaban J connectivity index is 1.42. The fourth-order valence-corrected chi connectivity index (χ4v) is 3.70. The van der Waals surface area contributed by atoms with Crippen molar-refractivity contribution in [2.24, 2.45) is 0 Å². The third kappa shape index (κ3) is 3.74. The largest absolute Gasteiger partial charge is 0.424 e. The summed E-state index contributed by atoms with van der Waals surface area (Å²) in [5, 5.41) is 3.17. The van der Waals surface area contributed by atoms with Crippen LogP contribution in [0.1, 0.15) is 6.42 Å². The molecule has 3 rings (SSSR count). The van der Waals surface area contributed by atoms with Crippen LogP contribution in [0.5, 0.6) is 0 Å². The van der Waals surface area contributed by atoms with Gasteiger partial charge in [-0.05, 0) is 25.1 Å². The summed E-state index contributed by atoms with van der Waals surface area (Å²) in [4.78, 5) is 6.53. The van der Waals surface area contributed by atoms with Gasteiger partial charge in [-0.3, -0.25) is 0 Å². The van der Waals surface area contributed by atoms with E-state index in [2.05, 4.69) is 15.2 Å². The molecule has 0 atom stereocenters. The molecule has 2 heterocycles. The number of nitrogens with zero attached hydrogens (tertiary/aromatic N) is 2. The van der Waals surface area contributed by atoms with Gasteiger partial charge in [-0.2, -0.15) is 4.98 Å². The third-order valence-electron chi connectivity index (χ3n) is 3.66. The maximum absolute atomic E-state index is 11.3. The number of benzene rings is 1. The van der Waals surface area contributed by atoms with Gasteiger partial charge in [0.2, 0.25) is 0 Å². The second-order valence-corrected chi connectivity index (χ2v) is 7.56. The molecule has 1 aliphatic heterocycles. The topological polar surface area (TPSA) is 75.4 Å². The van der Waals surface area contributed by atoms with Crippen molar-refractivity contribution < 1.29 is 12.8 Å². The molecular weight excluding hydrogens is 290 g/mol. The summed E-state index contributed by atoms with van der Waals surface area (Å²) in [6.07, 6.45) is 0.929.